The first kappa shape index (κ1) is 13.3. The third kappa shape index (κ3) is 2.66. The normalized spacial score (nSPS) is 28.3. The summed E-state index contributed by atoms with van der Waals surface area (Å²) < 4.78 is 10.9. The molecule has 0 aliphatic heterocycles. The fourth-order valence-electron chi connectivity index (χ4n) is 2.46. The first-order valence-electron chi connectivity index (χ1n) is 6.83. The van der Waals surface area contributed by atoms with Crippen LogP contribution in [0.25, 0.3) is 0 Å². The molecule has 0 spiro atoms. The van der Waals surface area contributed by atoms with E-state index in [4.69, 9.17) is 9.26 Å². The van der Waals surface area contributed by atoms with Crippen LogP contribution in [0.5, 0.6) is 0 Å². The van der Waals surface area contributed by atoms with Crippen LogP contribution in [0, 0.1) is 5.92 Å². The topological polar surface area (TPSA) is 60.2 Å². The van der Waals surface area contributed by atoms with Crippen LogP contribution in [-0.4, -0.2) is 23.8 Å². The summed E-state index contributed by atoms with van der Waals surface area (Å²) in [6, 6.07) is 0.502. The van der Waals surface area contributed by atoms with E-state index in [1.165, 1.54) is 0 Å². The van der Waals surface area contributed by atoms with Gasteiger partial charge in [-0.1, -0.05) is 19.0 Å². The Balaban J connectivity index is 2.09. The smallest absolute Gasteiger partial charge is 0.321 e. The van der Waals surface area contributed by atoms with E-state index in [0.717, 1.165) is 44.6 Å². The van der Waals surface area contributed by atoms with Gasteiger partial charge in [-0.2, -0.15) is 4.98 Å². The molecule has 1 N–H and O–H groups in total. The van der Waals surface area contributed by atoms with Crippen molar-refractivity contribution in [3.8, 4) is 0 Å². The van der Waals surface area contributed by atoms with Gasteiger partial charge in [0.1, 0.15) is 5.60 Å². The molecule has 1 aliphatic carbocycles. The molecule has 1 aliphatic rings. The van der Waals surface area contributed by atoms with Crippen molar-refractivity contribution in [2.45, 2.75) is 51.6 Å². The zero-order valence-corrected chi connectivity index (χ0v) is 11.5. The summed E-state index contributed by atoms with van der Waals surface area (Å²) in [5.41, 5.74) is -0.345. The van der Waals surface area contributed by atoms with Crippen molar-refractivity contribution in [2.24, 2.45) is 5.92 Å². The van der Waals surface area contributed by atoms with E-state index in [0.29, 0.717) is 11.8 Å². The van der Waals surface area contributed by atoms with Crippen LogP contribution >= 0.6 is 0 Å². The van der Waals surface area contributed by atoms with Gasteiger partial charge in [0.25, 0.3) is 0 Å². The lowest BCUT2D eigenvalue weighted by Gasteiger charge is -2.35. The number of ether oxygens (including phenoxy) is 1. The highest BCUT2D eigenvalue weighted by atomic mass is 16.5. The standard InChI is InChI=1S/C13H23N3O2/c1-4-9-14-12-15-11(16-18-12)13(17-3)7-5-10(2)6-8-13/h10H,4-9H2,1-3H3,(H,14,15,16). The first-order chi connectivity index (χ1) is 8.70. The fraction of sp³-hybridized carbons (Fsp3) is 0.846. The lowest BCUT2D eigenvalue weighted by molar-refractivity contribution is -0.0609. The van der Waals surface area contributed by atoms with Gasteiger partial charge in [-0.25, -0.2) is 0 Å². The van der Waals surface area contributed by atoms with E-state index in [1.807, 2.05) is 0 Å². The average molecular weight is 253 g/mol. The highest BCUT2D eigenvalue weighted by Gasteiger charge is 2.40. The summed E-state index contributed by atoms with van der Waals surface area (Å²) in [5, 5.41) is 7.20. The van der Waals surface area contributed by atoms with Crippen molar-refractivity contribution >= 4 is 6.01 Å². The van der Waals surface area contributed by atoms with Crippen molar-refractivity contribution in [1.29, 1.82) is 0 Å². The lowest BCUT2D eigenvalue weighted by Crippen LogP contribution is -2.34. The summed E-state index contributed by atoms with van der Waals surface area (Å²) in [4.78, 5) is 4.43. The van der Waals surface area contributed by atoms with Crippen molar-refractivity contribution in [3.63, 3.8) is 0 Å². The predicted octanol–water partition coefficient (Wildman–Crippen LogP) is 2.94. The van der Waals surface area contributed by atoms with E-state index < -0.39 is 0 Å². The van der Waals surface area contributed by atoms with Gasteiger partial charge in [0.15, 0.2) is 0 Å². The largest absolute Gasteiger partial charge is 0.370 e. The average Bonchev–Trinajstić information content (AvgIpc) is 2.87. The number of hydrogen-bond acceptors (Lipinski definition) is 5. The number of nitrogens with zero attached hydrogens (tertiary/aromatic N) is 2. The van der Waals surface area contributed by atoms with Crippen LogP contribution in [0.1, 0.15) is 51.8 Å². The zero-order valence-electron chi connectivity index (χ0n) is 11.5. The minimum Gasteiger partial charge on any atom is -0.370 e. The Morgan fingerprint density at radius 2 is 2.17 bits per heavy atom. The molecule has 2 rings (SSSR count). The van der Waals surface area contributed by atoms with Crippen LogP contribution < -0.4 is 5.32 Å². The summed E-state index contributed by atoms with van der Waals surface area (Å²) >= 11 is 0. The molecule has 1 fully saturated rings. The molecule has 1 heterocycles. The summed E-state index contributed by atoms with van der Waals surface area (Å²) in [7, 11) is 1.74. The zero-order chi connectivity index (χ0) is 13.0. The van der Waals surface area contributed by atoms with Gasteiger partial charge < -0.3 is 14.6 Å². The molecule has 5 heteroatoms. The Kier molecular flexibility index (Phi) is 4.22. The molecule has 0 aromatic carbocycles. The molecule has 0 amide bonds. The second-order valence-electron chi connectivity index (χ2n) is 5.23. The maximum Gasteiger partial charge on any atom is 0.321 e. The molecule has 1 aromatic rings. The Hall–Kier alpha value is -1.10. The van der Waals surface area contributed by atoms with Gasteiger partial charge in [0, 0.05) is 13.7 Å². The van der Waals surface area contributed by atoms with Gasteiger partial charge in [-0.3, -0.25) is 0 Å². The van der Waals surface area contributed by atoms with Crippen LogP contribution in [0.15, 0.2) is 4.52 Å². The SMILES string of the molecule is CCCNc1nc(C2(OC)CCC(C)CC2)no1. The summed E-state index contributed by atoms with van der Waals surface area (Å²) in [6.07, 6.45) is 5.28. The van der Waals surface area contributed by atoms with Crippen molar-refractivity contribution < 1.29 is 9.26 Å². The minimum absolute atomic E-state index is 0.345. The van der Waals surface area contributed by atoms with Gasteiger partial charge >= 0.3 is 6.01 Å². The van der Waals surface area contributed by atoms with E-state index in [9.17, 15) is 0 Å². The van der Waals surface area contributed by atoms with Crippen LogP contribution in [0.4, 0.5) is 6.01 Å². The summed E-state index contributed by atoms with van der Waals surface area (Å²) in [6.45, 7) is 5.23. The number of hydrogen-bond donors (Lipinski definition) is 1. The third-order valence-electron chi connectivity index (χ3n) is 3.83. The maximum absolute atomic E-state index is 5.72. The van der Waals surface area contributed by atoms with Gasteiger partial charge in [-0.15, -0.1) is 0 Å². The number of aromatic nitrogens is 2. The van der Waals surface area contributed by atoms with Gasteiger partial charge in [-0.05, 0) is 38.0 Å². The molecule has 5 nitrogen and oxygen atoms in total. The minimum atomic E-state index is -0.345. The lowest BCUT2D eigenvalue weighted by atomic mass is 9.79. The number of methoxy groups -OCH3 is 1. The molecule has 0 saturated heterocycles. The molecule has 102 valence electrons. The molecular weight excluding hydrogens is 230 g/mol. The molecule has 0 bridgehead atoms. The third-order valence-corrected chi connectivity index (χ3v) is 3.83. The van der Waals surface area contributed by atoms with Crippen molar-refractivity contribution in [3.05, 3.63) is 5.82 Å². The van der Waals surface area contributed by atoms with Gasteiger partial charge in [0.05, 0.1) is 0 Å². The Labute approximate surface area is 108 Å². The van der Waals surface area contributed by atoms with Crippen LogP contribution in [0.3, 0.4) is 0 Å². The quantitative estimate of drug-likeness (QED) is 0.874. The number of anilines is 1. The van der Waals surface area contributed by atoms with E-state index in [2.05, 4.69) is 29.3 Å². The predicted molar refractivity (Wildman–Crippen MR) is 69.4 cm³/mol. The number of rotatable bonds is 5. The van der Waals surface area contributed by atoms with E-state index in [1.54, 1.807) is 7.11 Å². The second kappa shape index (κ2) is 5.69. The molecule has 1 saturated carbocycles. The van der Waals surface area contributed by atoms with E-state index in [-0.39, 0.29) is 5.60 Å². The molecule has 0 radical (unpaired) electrons. The molecular formula is C13H23N3O2. The Morgan fingerprint density at radius 3 is 2.78 bits per heavy atom. The first-order valence-corrected chi connectivity index (χ1v) is 6.83. The Bertz CT molecular complexity index is 370. The van der Waals surface area contributed by atoms with E-state index >= 15 is 0 Å². The highest BCUT2D eigenvalue weighted by Crippen LogP contribution is 2.40. The second-order valence-corrected chi connectivity index (χ2v) is 5.23. The molecule has 0 atom stereocenters. The Morgan fingerprint density at radius 1 is 1.44 bits per heavy atom. The fourth-order valence-corrected chi connectivity index (χ4v) is 2.46. The highest BCUT2D eigenvalue weighted by molar-refractivity contribution is 5.20. The van der Waals surface area contributed by atoms with Gasteiger partial charge in [0.2, 0.25) is 5.82 Å². The van der Waals surface area contributed by atoms with Crippen LogP contribution in [0.2, 0.25) is 0 Å². The molecule has 18 heavy (non-hydrogen) atoms. The summed E-state index contributed by atoms with van der Waals surface area (Å²) in [5.74, 6) is 1.45. The van der Waals surface area contributed by atoms with Crippen molar-refractivity contribution in [1.82, 2.24) is 10.1 Å². The molecule has 0 unspecified atom stereocenters. The maximum atomic E-state index is 5.72. The van der Waals surface area contributed by atoms with Crippen molar-refractivity contribution in [2.75, 3.05) is 19.0 Å². The van der Waals surface area contributed by atoms with Crippen LogP contribution in [-0.2, 0) is 10.3 Å². The molecule has 1 aromatic heterocycles. The monoisotopic (exact) mass is 253 g/mol. The number of nitrogens with one attached hydrogen (secondary N) is 1.